The van der Waals surface area contributed by atoms with E-state index in [9.17, 15) is 0 Å². The van der Waals surface area contributed by atoms with Gasteiger partial charge in [-0.2, -0.15) is 0 Å². The van der Waals surface area contributed by atoms with E-state index in [1.165, 1.54) is 63.4 Å². The topological polar surface area (TPSA) is 9.23 Å². The van der Waals surface area contributed by atoms with Crippen LogP contribution in [0.3, 0.4) is 0 Å². The molecule has 1 heterocycles. The Hall–Kier alpha value is -3.32. The summed E-state index contributed by atoms with van der Waals surface area (Å²) in [6.07, 6.45) is 12.1. The van der Waals surface area contributed by atoms with Crippen LogP contribution in [0.5, 0.6) is 5.75 Å². The van der Waals surface area contributed by atoms with Gasteiger partial charge in [-0.15, -0.1) is 0 Å². The summed E-state index contributed by atoms with van der Waals surface area (Å²) in [7, 11) is 0. The van der Waals surface area contributed by atoms with Crippen LogP contribution in [0, 0.1) is 0 Å². The van der Waals surface area contributed by atoms with Gasteiger partial charge in [0.15, 0.2) is 0 Å². The lowest BCUT2D eigenvalue weighted by atomic mass is 9.84. The molecule has 0 spiro atoms. The predicted molar refractivity (Wildman–Crippen MR) is 184 cm³/mol. The van der Waals surface area contributed by atoms with Crippen molar-refractivity contribution in [2.45, 2.75) is 109 Å². The van der Waals surface area contributed by atoms with E-state index in [4.69, 9.17) is 4.74 Å². The fourth-order valence-corrected chi connectivity index (χ4v) is 7.25. The highest BCUT2D eigenvalue weighted by Gasteiger charge is 2.18. The first-order valence-corrected chi connectivity index (χ1v) is 17.0. The second-order valence-corrected chi connectivity index (χ2v) is 13.2. The minimum atomic E-state index is 0.580. The summed E-state index contributed by atoms with van der Waals surface area (Å²) in [5, 5.41) is 0. The number of hydrogen-bond donors (Lipinski definition) is 0. The minimum absolute atomic E-state index is 0.580. The summed E-state index contributed by atoms with van der Waals surface area (Å²) >= 11 is 0. The average Bonchev–Trinajstić information content (AvgIpc) is 3.56. The molecule has 0 radical (unpaired) electrons. The molecule has 1 heteroatoms. The Kier molecular flexibility index (Phi) is 11.2. The molecule has 43 heavy (non-hydrogen) atoms. The first-order chi connectivity index (χ1) is 21.0. The average molecular weight is 573 g/mol. The van der Waals surface area contributed by atoms with E-state index in [1.807, 2.05) is 12.1 Å². The maximum atomic E-state index is 5.41. The zero-order valence-electron chi connectivity index (χ0n) is 27.0. The Morgan fingerprint density at radius 3 is 1.42 bits per heavy atom. The molecule has 4 aromatic rings. The van der Waals surface area contributed by atoms with Crippen LogP contribution in [0.4, 0.5) is 0 Å². The highest BCUT2D eigenvalue weighted by Crippen LogP contribution is 2.33. The van der Waals surface area contributed by atoms with E-state index in [2.05, 4.69) is 113 Å². The molecule has 4 aliphatic rings. The van der Waals surface area contributed by atoms with Gasteiger partial charge in [-0.3, -0.25) is 0 Å². The van der Waals surface area contributed by atoms with E-state index in [0.717, 1.165) is 30.1 Å². The van der Waals surface area contributed by atoms with E-state index < -0.39 is 0 Å². The number of para-hydroxylation sites is 1. The van der Waals surface area contributed by atoms with Gasteiger partial charge in [-0.1, -0.05) is 125 Å². The molecule has 0 bridgehead atoms. The van der Waals surface area contributed by atoms with Crippen LogP contribution in [0.1, 0.15) is 129 Å². The lowest BCUT2D eigenvalue weighted by Crippen LogP contribution is -2.05. The summed E-state index contributed by atoms with van der Waals surface area (Å²) < 4.78 is 5.41. The van der Waals surface area contributed by atoms with Crippen molar-refractivity contribution in [1.82, 2.24) is 0 Å². The zero-order chi connectivity index (χ0) is 30.0. The van der Waals surface area contributed by atoms with Crippen molar-refractivity contribution >= 4 is 0 Å². The minimum Gasteiger partial charge on any atom is -0.493 e. The van der Waals surface area contributed by atoms with Gasteiger partial charge in [0, 0.05) is 11.5 Å². The summed E-state index contributed by atoms with van der Waals surface area (Å²) in [5.74, 6) is 4.02. The molecule has 4 atom stereocenters. The first kappa shape index (κ1) is 31.1. The molecule has 226 valence electrons. The number of rotatable bonds is 0. The molecule has 0 aromatic heterocycles. The fourth-order valence-electron chi connectivity index (χ4n) is 7.25. The lowest BCUT2D eigenvalue weighted by Gasteiger charge is -2.21. The van der Waals surface area contributed by atoms with Crippen molar-refractivity contribution < 1.29 is 4.74 Å². The van der Waals surface area contributed by atoms with Gasteiger partial charge in [-0.05, 0) is 109 Å². The molecule has 4 aromatic carbocycles. The van der Waals surface area contributed by atoms with Crippen LogP contribution < -0.4 is 4.74 Å². The van der Waals surface area contributed by atoms with Crippen molar-refractivity contribution in [3.8, 4) is 5.75 Å². The molecule has 1 nitrogen and oxygen atoms in total. The Bertz CT molecular complexity index is 1380. The molecular weight excluding hydrogens is 520 g/mol. The van der Waals surface area contributed by atoms with Gasteiger partial charge in [0.25, 0.3) is 0 Å². The van der Waals surface area contributed by atoms with E-state index >= 15 is 0 Å². The number of benzene rings is 4. The van der Waals surface area contributed by atoms with Crippen LogP contribution in [0.2, 0.25) is 0 Å². The Labute approximate surface area is 261 Å². The molecule has 1 aliphatic heterocycles. The standard InChI is InChI=1S/C12H16.C11H14.C10H12.C9H10O/c1-10-6-2-3-7-11-8-4-5-9-12(10)11;1-9-5-4-7-10-6-2-3-8-11(9)10;1-8-6-7-9-4-2-3-5-10(8)9;1-7-6-10-9-5-3-2-4-8(7)9/h4-5,8-10H,2-3,6-7H2,1H3;2-3,6,8-9H,4-5,7H2,1H3;2-5,8H,6-7H2,1H3;2-5,7H,6H2,1H3. The van der Waals surface area contributed by atoms with Gasteiger partial charge in [0.05, 0.1) is 6.61 Å². The smallest absolute Gasteiger partial charge is 0.122 e. The summed E-state index contributed by atoms with van der Waals surface area (Å²) in [4.78, 5) is 0. The molecule has 3 aliphatic carbocycles. The highest BCUT2D eigenvalue weighted by molar-refractivity contribution is 5.39. The molecule has 4 unspecified atom stereocenters. The predicted octanol–water partition coefficient (Wildman–Crippen LogP) is 11.6. The normalized spacial score (nSPS) is 22.6. The molecular formula is C42H52O. The highest BCUT2D eigenvalue weighted by atomic mass is 16.5. The molecule has 8 rings (SSSR count). The van der Waals surface area contributed by atoms with Crippen LogP contribution in [0.15, 0.2) is 97.1 Å². The van der Waals surface area contributed by atoms with Gasteiger partial charge in [-0.25, -0.2) is 0 Å². The Morgan fingerprint density at radius 2 is 0.860 bits per heavy atom. The van der Waals surface area contributed by atoms with Crippen LogP contribution in [-0.4, -0.2) is 6.61 Å². The maximum absolute atomic E-state index is 5.41. The quantitative estimate of drug-likeness (QED) is 0.190. The molecule has 0 saturated carbocycles. The number of hydrogen-bond acceptors (Lipinski definition) is 1. The van der Waals surface area contributed by atoms with Crippen molar-refractivity contribution in [3.05, 3.63) is 136 Å². The number of aryl methyl sites for hydroxylation is 3. The van der Waals surface area contributed by atoms with Crippen LogP contribution in [-0.2, 0) is 19.3 Å². The molecule has 0 amide bonds. The monoisotopic (exact) mass is 572 g/mol. The van der Waals surface area contributed by atoms with Gasteiger partial charge < -0.3 is 4.74 Å². The second-order valence-electron chi connectivity index (χ2n) is 13.2. The van der Waals surface area contributed by atoms with Crippen LogP contribution in [0.25, 0.3) is 0 Å². The summed E-state index contributed by atoms with van der Waals surface area (Å²) in [6, 6.07) is 34.8. The van der Waals surface area contributed by atoms with E-state index in [-0.39, 0.29) is 0 Å². The lowest BCUT2D eigenvalue weighted by molar-refractivity contribution is 0.337. The second kappa shape index (κ2) is 15.4. The van der Waals surface area contributed by atoms with Crippen molar-refractivity contribution in [2.75, 3.05) is 6.61 Å². The number of fused-ring (bicyclic) bond motifs is 4. The SMILES string of the molecule is CC1CCCCc2ccccc21.CC1CCCc2ccccc21.CC1CCc2ccccc21.CC1COc2ccccc21. The van der Waals surface area contributed by atoms with E-state index in [1.54, 1.807) is 33.4 Å². The molecule has 0 fully saturated rings. The third-order valence-electron chi connectivity index (χ3n) is 9.96. The zero-order valence-corrected chi connectivity index (χ0v) is 27.0. The van der Waals surface area contributed by atoms with Crippen molar-refractivity contribution in [2.24, 2.45) is 0 Å². The third-order valence-corrected chi connectivity index (χ3v) is 9.96. The third kappa shape index (κ3) is 8.20. The Morgan fingerprint density at radius 1 is 0.419 bits per heavy atom. The largest absolute Gasteiger partial charge is 0.493 e. The van der Waals surface area contributed by atoms with Gasteiger partial charge >= 0.3 is 0 Å². The fraction of sp³-hybridized carbons (Fsp3) is 0.429. The van der Waals surface area contributed by atoms with E-state index in [0.29, 0.717) is 5.92 Å². The van der Waals surface area contributed by atoms with Crippen molar-refractivity contribution in [3.63, 3.8) is 0 Å². The molecule has 0 saturated heterocycles. The summed E-state index contributed by atoms with van der Waals surface area (Å²) in [5.41, 5.74) is 10.8. The van der Waals surface area contributed by atoms with Gasteiger partial charge in [0.2, 0.25) is 0 Å². The maximum Gasteiger partial charge on any atom is 0.122 e. The number of ether oxygens (including phenoxy) is 1. The first-order valence-electron chi connectivity index (χ1n) is 17.0. The summed E-state index contributed by atoms with van der Waals surface area (Å²) in [6.45, 7) is 10.0. The van der Waals surface area contributed by atoms with Crippen LogP contribution >= 0.6 is 0 Å². The van der Waals surface area contributed by atoms with Gasteiger partial charge in [0.1, 0.15) is 5.75 Å². The Balaban J connectivity index is 0.000000114. The van der Waals surface area contributed by atoms with Crippen molar-refractivity contribution in [1.29, 1.82) is 0 Å². The molecule has 0 N–H and O–H groups in total.